The Labute approximate surface area is 199 Å². The normalized spacial score (nSPS) is 28.2. The number of hydrogen-bond acceptors (Lipinski definition) is 6. The maximum atomic E-state index is 13.1. The van der Waals surface area contributed by atoms with Crippen molar-refractivity contribution in [3.63, 3.8) is 0 Å². The van der Waals surface area contributed by atoms with Crippen LogP contribution >= 0.6 is 11.3 Å². The van der Waals surface area contributed by atoms with Crippen LogP contribution in [0.15, 0.2) is 12.1 Å². The molecule has 0 spiro atoms. The van der Waals surface area contributed by atoms with Crippen LogP contribution in [0.3, 0.4) is 0 Å². The van der Waals surface area contributed by atoms with Gasteiger partial charge in [-0.3, -0.25) is 4.79 Å². The number of aliphatic hydroxyl groups excluding tert-OH is 1. The molecule has 0 bridgehead atoms. The zero-order valence-corrected chi connectivity index (χ0v) is 20.1. The molecule has 1 aromatic rings. The van der Waals surface area contributed by atoms with Gasteiger partial charge in [0.15, 0.2) is 6.29 Å². The van der Waals surface area contributed by atoms with E-state index >= 15 is 0 Å². The van der Waals surface area contributed by atoms with Crippen LogP contribution in [0.5, 0.6) is 0 Å². The van der Waals surface area contributed by atoms with Crippen molar-refractivity contribution in [1.82, 2.24) is 0 Å². The number of anilines is 1. The van der Waals surface area contributed by atoms with Crippen LogP contribution in [0.4, 0.5) is 5.69 Å². The highest BCUT2D eigenvalue weighted by atomic mass is 32.1. The molecule has 182 valence electrons. The number of carboxylic acid groups (broad SMARTS) is 1. The van der Waals surface area contributed by atoms with E-state index in [0.29, 0.717) is 12.1 Å². The van der Waals surface area contributed by atoms with Crippen LogP contribution in [0.2, 0.25) is 0 Å². The Morgan fingerprint density at radius 2 is 1.94 bits per heavy atom. The van der Waals surface area contributed by atoms with Crippen LogP contribution in [0.1, 0.15) is 92.1 Å². The summed E-state index contributed by atoms with van der Waals surface area (Å²) in [6.45, 7) is 2.57. The summed E-state index contributed by atoms with van der Waals surface area (Å²) in [5.74, 6) is -1.07. The molecule has 1 saturated heterocycles. The number of rotatable bonds is 7. The standard InChI is InChI=1S/C25H35NO6S/c1-2-22(28)26(17-9-11-19(12-10-17)32-23-8-3-4-13-31-23)20-15-21(33-24(20)25(29)30)16-6-5-7-18(27)14-16/h14-15,17-19,23,27H,2-13H2,1H3,(H,29,30). The van der Waals surface area contributed by atoms with Gasteiger partial charge in [0.25, 0.3) is 0 Å². The summed E-state index contributed by atoms with van der Waals surface area (Å²) < 4.78 is 11.9. The Balaban J connectivity index is 1.53. The summed E-state index contributed by atoms with van der Waals surface area (Å²) in [5, 5.41) is 20.0. The van der Waals surface area contributed by atoms with E-state index < -0.39 is 12.1 Å². The minimum atomic E-state index is -1.02. The highest BCUT2D eigenvalue weighted by Crippen LogP contribution is 2.40. The number of ether oxygens (including phenoxy) is 2. The van der Waals surface area contributed by atoms with Gasteiger partial charge in [0, 0.05) is 23.9 Å². The van der Waals surface area contributed by atoms with Gasteiger partial charge in [0.05, 0.1) is 17.9 Å². The van der Waals surface area contributed by atoms with Crippen molar-refractivity contribution in [2.45, 2.75) is 102 Å². The second-order valence-corrected chi connectivity index (χ2v) is 10.3. The number of carbonyl (C=O) groups is 2. The highest BCUT2D eigenvalue weighted by molar-refractivity contribution is 7.15. The molecule has 0 aromatic carbocycles. The van der Waals surface area contributed by atoms with E-state index in [1.807, 2.05) is 19.1 Å². The molecule has 7 nitrogen and oxygen atoms in total. The molecule has 2 fully saturated rings. The Bertz CT molecular complexity index is 866. The summed E-state index contributed by atoms with van der Waals surface area (Å²) in [6, 6.07) is 1.81. The van der Waals surface area contributed by atoms with E-state index in [4.69, 9.17) is 9.47 Å². The lowest BCUT2D eigenvalue weighted by Gasteiger charge is -2.38. The van der Waals surface area contributed by atoms with Crippen molar-refractivity contribution in [1.29, 1.82) is 0 Å². The fourth-order valence-corrected chi connectivity index (χ4v) is 6.20. The molecule has 4 rings (SSSR count). The first-order chi connectivity index (χ1) is 16.0. The lowest BCUT2D eigenvalue weighted by atomic mass is 9.91. The molecule has 33 heavy (non-hydrogen) atoms. The lowest BCUT2D eigenvalue weighted by Crippen LogP contribution is -2.44. The van der Waals surface area contributed by atoms with E-state index in [0.717, 1.165) is 81.3 Å². The van der Waals surface area contributed by atoms with Gasteiger partial charge in [-0.25, -0.2) is 4.79 Å². The molecule has 2 unspecified atom stereocenters. The molecule has 1 aliphatic heterocycles. The minimum Gasteiger partial charge on any atom is -0.477 e. The molecule has 2 aliphatic carbocycles. The van der Waals surface area contributed by atoms with E-state index in [1.54, 1.807) is 4.90 Å². The van der Waals surface area contributed by atoms with Crippen LogP contribution in [-0.4, -0.2) is 53.2 Å². The fourth-order valence-electron chi connectivity index (χ4n) is 5.16. The van der Waals surface area contributed by atoms with E-state index in [-0.39, 0.29) is 29.2 Å². The van der Waals surface area contributed by atoms with Crippen molar-refractivity contribution >= 4 is 34.5 Å². The van der Waals surface area contributed by atoms with Gasteiger partial charge in [0.2, 0.25) is 5.91 Å². The molecule has 1 saturated carbocycles. The lowest BCUT2D eigenvalue weighted by molar-refractivity contribution is -0.193. The van der Waals surface area contributed by atoms with Gasteiger partial charge in [-0.1, -0.05) is 13.0 Å². The Kier molecular flexibility index (Phi) is 8.22. The van der Waals surface area contributed by atoms with E-state index in [1.165, 1.54) is 11.3 Å². The van der Waals surface area contributed by atoms with Gasteiger partial charge < -0.3 is 24.6 Å². The maximum Gasteiger partial charge on any atom is 0.348 e. The van der Waals surface area contributed by atoms with Crippen LogP contribution in [0.25, 0.3) is 5.57 Å². The molecule has 2 atom stereocenters. The third-order valence-electron chi connectivity index (χ3n) is 6.88. The third-order valence-corrected chi connectivity index (χ3v) is 8.07. The SMILES string of the molecule is CCC(=O)N(c1cc(C2=CC(O)CCC2)sc1C(=O)O)C1CCC(OC2CCCCO2)CC1. The molecule has 0 radical (unpaired) electrons. The van der Waals surface area contributed by atoms with Crippen LogP contribution in [-0.2, 0) is 14.3 Å². The summed E-state index contributed by atoms with van der Waals surface area (Å²) in [5.41, 5.74) is 1.47. The summed E-state index contributed by atoms with van der Waals surface area (Å²) >= 11 is 1.21. The minimum absolute atomic E-state index is 0.0453. The smallest absolute Gasteiger partial charge is 0.348 e. The highest BCUT2D eigenvalue weighted by Gasteiger charge is 2.34. The number of aromatic carboxylic acids is 1. The largest absolute Gasteiger partial charge is 0.477 e. The zero-order chi connectivity index (χ0) is 23.4. The van der Waals surface area contributed by atoms with E-state index in [9.17, 15) is 19.8 Å². The molecular weight excluding hydrogens is 442 g/mol. The Morgan fingerprint density at radius 1 is 1.15 bits per heavy atom. The number of carbonyl (C=O) groups excluding carboxylic acids is 1. The number of thiophene rings is 1. The number of nitrogens with zero attached hydrogens (tertiary/aromatic N) is 1. The number of aliphatic hydroxyl groups is 1. The predicted molar refractivity (Wildman–Crippen MR) is 128 cm³/mol. The second-order valence-electron chi connectivity index (χ2n) is 9.26. The summed E-state index contributed by atoms with van der Waals surface area (Å²) in [6.07, 6.45) is 10.4. The van der Waals surface area contributed by atoms with E-state index in [2.05, 4.69) is 0 Å². The average molecular weight is 478 g/mol. The van der Waals surface area contributed by atoms with Gasteiger partial charge >= 0.3 is 5.97 Å². The first-order valence-electron chi connectivity index (χ1n) is 12.3. The van der Waals surface area contributed by atoms with Crippen LogP contribution in [0, 0.1) is 0 Å². The average Bonchev–Trinajstić information content (AvgIpc) is 3.26. The summed E-state index contributed by atoms with van der Waals surface area (Å²) in [7, 11) is 0. The van der Waals surface area contributed by atoms with Gasteiger partial charge in [-0.05, 0) is 75.8 Å². The molecule has 2 heterocycles. The number of amides is 1. The van der Waals surface area contributed by atoms with Crippen molar-refractivity contribution in [3.05, 3.63) is 21.9 Å². The van der Waals surface area contributed by atoms with Crippen molar-refractivity contribution in [2.75, 3.05) is 11.5 Å². The monoisotopic (exact) mass is 477 g/mol. The molecule has 2 N–H and O–H groups in total. The molecule has 3 aliphatic rings. The molecule has 8 heteroatoms. The Morgan fingerprint density at radius 3 is 2.58 bits per heavy atom. The van der Waals surface area contributed by atoms with Crippen molar-refractivity contribution < 1.29 is 29.3 Å². The first-order valence-corrected chi connectivity index (χ1v) is 13.1. The van der Waals surface area contributed by atoms with Crippen LogP contribution < -0.4 is 4.90 Å². The summed E-state index contributed by atoms with van der Waals surface area (Å²) in [4.78, 5) is 27.9. The number of carboxylic acids is 1. The quantitative estimate of drug-likeness (QED) is 0.575. The van der Waals surface area contributed by atoms with Gasteiger partial charge in [0.1, 0.15) is 4.88 Å². The third kappa shape index (κ3) is 5.85. The zero-order valence-electron chi connectivity index (χ0n) is 19.3. The first kappa shape index (κ1) is 24.4. The molecule has 1 aromatic heterocycles. The van der Waals surface area contributed by atoms with Gasteiger partial charge in [-0.2, -0.15) is 0 Å². The van der Waals surface area contributed by atoms with Gasteiger partial charge in [-0.15, -0.1) is 11.3 Å². The number of hydrogen-bond donors (Lipinski definition) is 2. The number of allylic oxidation sites excluding steroid dienone is 1. The predicted octanol–water partition coefficient (Wildman–Crippen LogP) is 4.97. The Hall–Kier alpha value is -1.74. The topological polar surface area (TPSA) is 96.3 Å². The van der Waals surface area contributed by atoms with Crippen molar-refractivity contribution in [3.8, 4) is 0 Å². The molecular formula is C25H35NO6S. The fraction of sp³-hybridized carbons (Fsp3) is 0.680. The molecule has 1 amide bonds. The second kappa shape index (κ2) is 11.1. The maximum absolute atomic E-state index is 13.1. The van der Waals surface area contributed by atoms with Crippen molar-refractivity contribution in [2.24, 2.45) is 0 Å².